The predicted octanol–water partition coefficient (Wildman–Crippen LogP) is 0.597. The molecule has 2 aromatic rings. The minimum Gasteiger partial charge on any atom is -0.337 e. The van der Waals surface area contributed by atoms with Crippen molar-refractivity contribution in [2.45, 2.75) is 30.2 Å². The van der Waals surface area contributed by atoms with Crippen LogP contribution in [0.4, 0.5) is 0 Å². The van der Waals surface area contributed by atoms with Crippen LogP contribution in [0.3, 0.4) is 0 Å². The van der Waals surface area contributed by atoms with Gasteiger partial charge in [0, 0.05) is 38.7 Å². The Hall–Kier alpha value is -2.29. The third kappa shape index (κ3) is 3.03. The summed E-state index contributed by atoms with van der Waals surface area (Å²) in [5.74, 6) is -0.213. The number of aryl methyl sites for hydroxylation is 2. The molecule has 0 radical (unpaired) electrons. The number of imidazole rings is 1. The first-order valence-corrected chi connectivity index (χ1v) is 9.23. The maximum Gasteiger partial charge on any atom is 0.274 e. The molecule has 1 fully saturated rings. The van der Waals surface area contributed by atoms with Gasteiger partial charge in [-0.15, -0.1) is 0 Å². The van der Waals surface area contributed by atoms with Gasteiger partial charge in [-0.3, -0.25) is 9.78 Å². The van der Waals surface area contributed by atoms with Gasteiger partial charge in [-0.1, -0.05) is 0 Å². The van der Waals surface area contributed by atoms with Crippen molar-refractivity contribution >= 4 is 15.7 Å². The highest BCUT2D eigenvalue weighted by Crippen LogP contribution is 2.24. The average molecular weight is 349 g/mol. The molecule has 1 aliphatic rings. The van der Waals surface area contributed by atoms with Crippen molar-refractivity contribution in [2.75, 3.05) is 13.1 Å². The van der Waals surface area contributed by atoms with Gasteiger partial charge in [0.15, 0.2) is 0 Å². The van der Waals surface area contributed by atoms with Gasteiger partial charge in [0.05, 0.1) is 17.1 Å². The number of carbonyl (C=O) groups is 1. The van der Waals surface area contributed by atoms with Crippen LogP contribution >= 0.6 is 0 Å². The Morgan fingerprint density at radius 2 is 1.88 bits per heavy atom. The van der Waals surface area contributed by atoms with Crippen molar-refractivity contribution in [1.29, 1.82) is 0 Å². The van der Waals surface area contributed by atoms with Gasteiger partial charge in [0.1, 0.15) is 5.69 Å². The van der Waals surface area contributed by atoms with Crippen molar-refractivity contribution in [3.63, 3.8) is 0 Å². The lowest BCUT2D eigenvalue weighted by molar-refractivity contribution is 0.0719. The molecule has 24 heavy (non-hydrogen) atoms. The number of likely N-dealkylation sites (tertiary alicyclic amines) is 1. The summed E-state index contributed by atoms with van der Waals surface area (Å²) in [6, 6.07) is 0. The third-order valence-electron chi connectivity index (χ3n) is 4.20. The number of amides is 1. The molecule has 0 atom stereocenters. The fourth-order valence-electron chi connectivity index (χ4n) is 2.81. The fraction of sp³-hybridized carbons (Fsp3) is 0.467. The highest BCUT2D eigenvalue weighted by Gasteiger charge is 2.35. The zero-order valence-corrected chi connectivity index (χ0v) is 14.4. The van der Waals surface area contributed by atoms with E-state index in [-0.39, 0.29) is 16.8 Å². The number of rotatable bonds is 3. The van der Waals surface area contributed by atoms with Crippen LogP contribution in [0.5, 0.6) is 0 Å². The summed E-state index contributed by atoms with van der Waals surface area (Å²) >= 11 is 0. The second kappa shape index (κ2) is 6.31. The summed E-state index contributed by atoms with van der Waals surface area (Å²) in [4.78, 5) is 26.1. The number of nitrogens with zero attached hydrogens (tertiary/aromatic N) is 5. The molecule has 1 aliphatic heterocycles. The number of sulfone groups is 1. The summed E-state index contributed by atoms with van der Waals surface area (Å²) in [5, 5.41) is -0.441. The predicted molar refractivity (Wildman–Crippen MR) is 86.1 cm³/mol. The van der Waals surface area contributed by atoms with Crippen LogP contribution < -0.4 is 0 Å². The molecule has 0 aromatic carbocycles. The zero-order valence-electron chi connectivity index (χ0n) is 13.6. The van der Waals surface area contributed by atoms with E-state index in [2.05, 4.69) is 15.0 Å². The maximum absolute atomic E-state index is 12.6. The Morgan fingerprint density at radius 1 is 1.17 bits per heavy atom. The van der Waals surface area contributed by atoms with Crippen LogP contribution in [0.25, 0.3) is 0 Å². The van der Waals surface area contributed by atoms with Gasteiger partial charge in [0.25, 0.3) is 5.91 Å². The van der Waals surface area contributed by atoms with Crippen LogP contribution in [0, 0.1) is 6.92 Å². The molecule has 1 saturated heterocycles. The van der Waals surface area contributed by atoms with Crippen molar-refractivity contribution < 1.29 is 13.2 Å². The lowest BCUT2D eigenvalue weighted by atomic mass is 10.1. The van der Waals surface area contributed by atoms with Gasteiger partial charge in [-0.25, -0.2) is 18.4 Å². The first-order valence-electron chi connectivity index (χ1n) is 7.68. The number of hydrogen-bond donors (Lipinski definition) is 0. The molecule has 0 saturated carbocycles. The zero-order chi connectivity index (χ0) is 17.3. The molecule has 0 unspecified atom stereocenters. The molecule has 0 bridgehead atoms. The van der Waals surface area contributed by atoms with E-state index in [4.69, 9.17) is 0 Å². The molecule has 3 heterocycles. The lowest BCUT2D eigenvalue weighted by Crippen LogP contribution is -2.43. The Labute approximate surface area is 140 Å². The van der Waals surface area contributed by atoms with Crippen LogP contribution in [0.15, 0.2) is 29.9 Å². The van der Waals surface area contributed by atoms with Gasteiger partial charge in [-0.2, -0.15) is 0 Å². The SMILES string of the molecule is Cc1cnc(C(=O)N2CCC(S(=O)(=O)c3nccn3C)CC2)cn1. The first kappa shape index (κ1) is 16.6. The summed E-state index contributed by atoms with van der Waals surface area (Å²) in [5.41, 5.74) is 1.03. The van der Waals surface area contributed by atoms with Crippen molar-refractivity contribution in [1.82, 2.24) is 24.4 Å². The monoisotopic (exact) mass is 349 g/mol. The number of aromatic nitrogens is 4. The maximum atomic E-state index is 12.6. The van der Waals surface area contributed by atoms with E-state index in [1.807, 2.05) is 0 Å². The van der Waals surface area contributed by atoms with Gasteiger partial charge >= 0.3 is 0 Å². The first-order chi connectivity index (χ1) is 11.4. The fourth-order valence-corrected chi connectivity index (χ4v) is 4.61. The topological polar surface area (TPSA) is 98.0 Å². The largest absolute Gasteiger partial charge is 0.337 e. The molecule has 0 aliphatic carbocycles. The van der Waals surface area contributed by atoms with E-state index >= 15 is 0 Å². The highest BCUT2D eigenvalue weighted by atomic mass is 32.2. The molecule has 2 aromatic heterocycles. The van der Waals surface area contributed by atoms with E-state index in [0.29, 0.717) is 25.9 Å². The molecule has 1 amide bonds. The van der Waals surface area contributed by atoms with Crippen molar-refractivity contribution in [3.8, 4) is 0 Å². The van der Waals surface area contributed by atoms with Crippen LogP contribution in [0.1, 0.15) is 29.0 Å². The summed E-state index contributed by atoms with van der Waals surface area (Å²) in [6.45, 7) is 2.56. The van der Waals surface area contributed by atoms with Gasteiger partial charge in [-0.05, 0) is 19.8 Å². The van der Waals surface area contributed by atoms with E-state index in [9.17, 15) is 13.2 Å². The van der Waals surface area contributed by atoms with E-state index in [0.717, 1.165) is 5.69 Å². The molecule has 9 heteroatoms. The molecular weight excluding hydrogens is 330 g/mol. The molecule has 128 valence electrons. The molecule has 3 rings (SSSR count). The Bertz CT molecular complexity index is 836. The van der Waals surface area contributed by atoms with Crippen LogP contribution in [-0.4, -0.2) is 57.1 Å². The normalized spacial score (nSPS) is 16.3. The van der Waals surface area contributed by atoms with E-state index in [1.54, 1.807) is 31.3 Å². The third-order valence-corrected chi connectivity index (χ3v) is 6.45. The second-order valence-electron chi connectivity index (χ2n) is 5.90. The summed E-state index contributed by atoms with van der Waals surface area (Å²) < 4.78 is 26.8. The summed E-state index contributed by atoms with van der Waals surface area (Å²) in [6.07, 6.45) is 6.86. The number of hydrogen-bond acceptors (Lipinski definition) is 6. The van der Waals surface area contributed by atoms with E-state index in [1.165, 1.54) is 17.0 Å². The molecule has 8 nitrogen and oxygen atoms in total. The Morgan fingerprint density at radius 3 is 2.42 bits per heavy atom. The van der Waals surface area contributed by atoms with Crippen LogP contribution in [-0.2, 0) is 16.9 Å². The smallest absolute Gasteiger partial charge is 0.274 e. The standard InChI is InChI=1S/C15H19N5O3S/c1-11-9-18-13(10-17-11)14(21)20-6-3-12(4-7-20)24(22,23)15-16-5-8-19(15)2/h5,8-10,12H,3-4,6-7H2,1-2H3. The molecule has 0 N–H and O–H groups in total. The minimum absolute atomic E-state index is 0.0803. The van der Waals surface area contributed by atoms with E-state index < -0.39 is 15.1 Å². The van der Waals surface area contributed by atoms with Crippen molar-refractivity contribution in [3.05, 3.63) is 36.2 Å². The van der Waals surface area contributed by atoms with Crippen LogP contribution in [0.2, 0.25) is 0 Å². The van der Waals surface area contributed by atoms with Crippen molar-refractivity contribution in [2.24, 2.45) is 7.05 Å². The second-order valence-corrected chi connectivity index (χ2v) is 8.02. The number of piperidine rings is 1. The average Bonchev–Trinajstić information content (AvgIpc) is 3.02. The number of carbonyl (C=O) groups excluding carboxylic acids is 1. The quantitative estimate of drug-likeness (QED) is 0.805. The Balaban J connectivity index is 1.69. The molecular formula is C15H19N5O3S. The highest BCUT2D eigenvalue weighted by molar-refractivity contribution is 7.91. The lowest BCUT2D eigenvalue weighted by Gasteiger charge is -2.31. The van der Waals surface area contributed by atoms with Gasteiger partial charge < -0.3 is 9.47 Å². The van der Waals surface area contributed by atoms with Gasteiger partial charge in [0.2, 0.25) is 15.0 Å². The minimum atomic E-state index is -3.48. The molecule has 0 spiro atoms. The summed E-state index contributed by atoms with van der Waals surface area (Å²) in [7, 11) is -1.82. The Kier molecular flexibility index (Phi) is 4.35.